The van der Waals surface area contributed by atoms with Crippen LogP contribution < -0.4 is 5.32 Å². The Morgan fingerprint density at radius 2 is 2.44 bits per heavy atom. The van der Waals surface area contributed by atoms with Gasteiger partial charge in [0.25, 0.3) is 0 Å². The Kier molecular flexibility index (Phi) is 2.70. The van der Waals surface area contributed by atoms with Crippen LogP contribution in [0.2, 0.25) is 0 Å². The number of hydrogen-bond acceptors (Lipinski definition) is 5. The van der Waals surface area contributed by atoms with Crippen LogP contribution in [0.1, 0.15) is 5.01 Å². The highest BCUT2D eigenvalue weighted by Crippen LogP contribution is 2.24. The van der Waals surface area contributed by atoms with Crippen LogP contribution in [0.15, 0.2) is 18.2 Å². The van der Waals surface area contributed by atoms with Crippen molar-refractivity contribution >= 4 is 33.2 Å². The summed E-state index contributed by atoms with van der Waals surface area (Å²) >= 11 is 1.29. The number of thiazole rings is 1. The SMILES string of the molecule is N#Cc1nc2ccc(NCC(=O)O)cc2s1. The lowest BCUT2D eigenvalue weighted by molar-refractivity contribution is -0.134. The van der Waals surface area contributed by atoms with Crippen LogP contribution in [0.3, 0.4) is 0 Å². The summed E-state index contributed by atoms with van der Waals surface area (Å²) in [6, 6.07) is 7.27. The van der Waals surface area contributed by atoms with Crippen molar-refractivity contribution in [3.8, 4) is 6.07 Å². The van der Waals surface area contributed by atoms with Crippen molar-refractivity contribution in [2.45, 2.75) is 0 Å². The number of fused-ring (bicyclic) bond motifs is 1. The Morgan fingerprint density at radius 3 is 3.12 bits per heavy atom. The molecule has 0 radical (unpaired) electrons. The lowest BCUT2D eigenvalue weighted by atomic mass is 10.3. The molecule has 80 valence electrons. The van der Waals surface area contributed by atoms with Gasteiger partial charge in [-0.1, -0.05) is 0 Å². The first-order valence-corrected chi connectivity index (χ1v) is 5.27. The maximum absolute atomic E-state index is 10.4. The first-order valence-electron chi connectivity index (χ1n) is 4.45. The number of carboxylic acid groups (broad SMARTS) is 1. The fourth-order valence-corrected chi connectivity index (χ4v) is 2.06. The monoisotopic (exact) mass is 233 g/mol. The molecule has 0 aliphatic rings. The van der Waals surface area contributed by atoms with Crippen molar-refractivity contribution < 1.29 is 9.90 Å². The predicted octanol–water partition coefficient (Wildman–Crippen LogP) is 1.66. The van der Waals surface area contributed by atoms with E-state index >= 15 is 0 Å². The molecule has 16 heavy (non-hydrogen) atoms. The van der Waals surface area contributed by atoms with Crippen molar-refractivity contribution in [2.24, 2.45) is 0 Å². The van der Waals surface area contributed by atoms with E-state index in [0.717, 1.165) is 10.2 Å². The first kappa shape index (κ1) is 10.4. The molecule has 0 amide bonds. The topological polar surface area (TPSA) is 86.0 Å². The molecule has 6 heteroatoms. The molecular formula is C10H7N3O2S. The summed E-state index contributed by atoms with van der Waals surface area (Å²) in [6.07, 6.45) is 0. The quantitative estimate of drug-likeness (QED) is 0.842. The molecule has 2 rings (SSSR count). The zero-order valence-corrected chi connectivity index (χ0v) is 8.91. The lowest BCUT2D eigenvalue weighted by Gasteiger charge is -2.01. The van der Waals surface area contributed by atoms with Gasteiger partial charge in [0.1, 0.15) is 12.6 Å². The van der Waals surface area contributed by atoms with Crippen LogP contribution in [0.25, 0.3) is 10.2 Å². The molecule has 1 heterocycles. The standard InChI is InChI=1S/C10H7N3O2S/c11-4-9-13-7-2-1-6(3-8(7)16-9)12-5-10(14)15/h1-3,12H,5H2,(H,14,15). The highest BCUT2D eigenvalue weighted by Gasteiger charge is 2.04. The number of anilines is 1. The number of carbonyl (C=O) groups is 1. The van der Waals surface area contributed by atoms with Gasteiger partial charge in [0, 0.05) is 5.69 Å². The number of nitriles is 1. The number of aliphatic carboxylic acids is 1. The van der Waals surface area contributed by atoms with Crippen molar-refractivity contribution in [1.29, 1.82) is 5.26 Å². The number of benzene rings is 1. The van der Waals surface area contributed by atoms with Crippen LogP contribution in [-0.2, 0) is 4.79 Å². The smallest absolute Gasteiger partial charge is 0.322 e. The molecule has 2 aromatic rings. The molecular weight excluding hydrogens is 226 g/mol. The summed E-state index contributed by atoms with van der Waals surface area (Å²) in [7, 11) is 0. The summed E-state index contributed by atoms with van der Waals surface area (Å²) in [5.74, 6) is -0.915. The molecule has 0 bridgehead atoms. The molecule has 5 nitrogen and oxygen atoms in total. The van der Waals surface area contributed by atoms with E-state index in [1.54, 1.807) is 18.2 Å². The highest BCUT2D eigenvalue weighted by atomic mass is 32.1. The van der Waals surface area contributed by atoms with Crippen LogP contribution >= 0.6 is 11.3 Å². The summed E-state index contributed by atoms with van der Waals surface area (Å²) in [4.78, 5) is 14.5. The zero-order valence-electron chi connectivity index (χ0n) is 8.10. The van der Waals surface area contributed by atoms with Gasteiger partial charge in [-0.15, -0.1) is 11.3 Å². The van der Waals surface area contributed by atoms with Gasteiger partial charge in [-0.3, -0.25) is 4.79 Å². The van der Waals surface area contributed by atoms with Crippen molar-refractivity contribution in [1.82, 2.24) is 4.98 Å². The van der Waals surface area contributed by atoms with Crippen LogP contribution in [0, 0.1) is 11.3 Å². The highest BCUT2D eigenvalue weighted by molar-refractivity contribution is 7.19. The molecule has 0 atom stereocenters. The Bertz CT molecular complexity index is 585. The summed E-state index contributed by atoms with van der Waals surface area (Å²) in [6.45, 7) is -0.130. The van der Waals surface area contributed by atoms with Crippen LogP contribution in [0.4, 0.5) is 5.69 Å². The van der Waals surface area contributed by atoms with E-state index in [1.807, 2.05) is 6.07 Å². The lowest BCUT2D eigenvalue weighted by Crippen LogP contribution is -2.11. The van der Waals surface area contributed by atoms with Gasteiger partial charge in [0.15, 0.2) is 5.01 Å². The molecule has 0 aliphatic carbocycles. The van der Waals surface area contributed by atoms with E-state index in [0.29, 0.717) is 10.7 Å². The molecule has 0 aliphatic heterocycles. The van der Waals surface area contributed by atoms with Gasteiger partial charge in [-0.2, -0.15) is 5.26 Å². The summed E-state index contributed by atoms with van der Waals surface area (Å²) < 4.78 is 0.868. The number of carboxylic acids is 1. The second-order valence-corrected chi connectivity index (χ2v) is 4.09. The van der Waals surface area contributed by atoms with Gasteiger partial charge in [0.05, 0.1) is 10.2 Å². The third-order valence-corrected chi connectivity index (χ3v) is 2.85. The van der Waals surface area contributed by atoms with Crippen molar-refractivity contribution in [3.05, 3.63) is 23.2 Å². The molecule has 0 unspecified atom stereocenters. The maximum Gasteiger partial charge on any atom is 0.322 e. The minimum Gasteiger partial charge on any atom is -0.480 e. The molecule has 0 saturated heterocycles. The fourth-order valence-electron chi connectivity index (χ4n) is 1.26. The van der Waals surface area contributed by atoms with E-state index < -0.39 is 5.97 Å². The average Bonchev–Trinajstić information content (AvgIpc) is 2.68. The number of aromatic nitrogens is 1. The normalized spacial score (nSPS) is 9.94. The summed E-state index contributed by atoms with van der Waals surface area (Å²) in [5.41, 5.74) is 1.46. The van der Waals surface area contributed by atoms with E-state index in [2.05, 4.69) is 10.3 Å². The van der Waals surface area contributed by atoms with E-state index in [4.69, 9.17) is 10.4 Å². The van der Waals surface area contributed by atoms with Crippen LogP contribution in [0.5, 0.6) is 0 Å². The Balaban J connectivity index is 2.29. The van der Waals surface area contributed by atoms with E-state index in [1.165, 1.54) is 11.3 Å². The Hall–Kier alpha value is -2.13. The predicted molar refractivity (Wildman–Crippen MR) is 60.5 cm³/mol. The largest absolute Gasteiger partial charge is 0.480 e. The van der Waals surface area contributed by atoms with Crippen molar-refractivity contribution in [2.75, 3.05) is 11.9 Å². The number of rotatable bonds is 3. The fraction of sp³-hybridized carbons (Fsp3) is 0.100. The van der Waals surface area contributed by atoms with Gasteiger partial charge in [-0.05, 0) is 18.2 Å². The van der Waals surface area contributed by atoms with Gasteiger partial charge in [-0.25, -0.2) is 4.98 Å². The minimum atomic E-state index is -0.915. The molecule has 1 aromatic heterocycles. The molecule has 0 spiro atoms. The van der Waals surface area contributed by atoms with Gasteiger partial charge < -0.3 is 10.4 Å². The Labute approximate surface area is 95.0 Å². The van der Waals surface area contributed by atoms with Gasteiger partial charge >= 0.3 is 5.97 Å². The molecule has 0 fully saturated rings. The van der Waals surface area contributed by atoms with Crippen molar-refractivity contribution in [3.63, 3.8) is 0 Å². The number of hydrogen-bond donors (Lipinski definition) is 2. The average molecular weight is 233 g/mol. The third kappa shape index (κ3) is 2.10. The maximum atomic E-state index is 10.4. The second-order valence-electron chi connectivity index (χ2n) is 3.06. The van der Waals surface area contributed by atoms with Gasteiger partial charge in [0.2, 0.25) is 0 Å². The number of nitrogens with one attached hydrogen (secondary N) is 1. The second kappa shape index (κ2) is 4.16. The third-order valence-electron chi connectivity index (χ3n) is 1.93. The summed E-state index contributed by atoms with van der Waals surface area (Å²) in [5, 5.41) is 20.4. The number of nitrogens with zero attached hydrogens (tertiary/aromatic N) is 2. The van der Waals surface area contributed by atoms with E-state index in [9.17, 15) is 4.79 Å². The zero-order chi connectivity index (χ0) is 11.5. The molecule has 0 saturated carbocycles. The van der Waals surface area contributed by atoms with E-state index in [-0.39, 0.29) is 6.54 Å². The molecule has 1 aromatic carbocycles. The first-order chi connectivity index (χ1) is 7.69. The van der Waals surface area contributed by atoms with Crippen LogP contribution in [-0.4, -0.2) is 22.6 Å². The Morgan fingerprint density at radius 1 is 1.62 bits per heavy atom. The molecule has 2 N–H and O–H groups in total. The minimum absolute atomic E-state index is 0.130.